The van der Waals surface area contributed by atoms with Crippen molar-refractivity contribution >= 4 is 11.4 Å². The second kappa shape index (κ2) is 7.76. The average molecular weight is 354 g/mol. The number of hydrogen-bond acceptors (Lipinski definition) is 2. The van der Waals surface area contributed by atoms with Gasteiger partial charge >= 0.3 is 11.8 Å². The van der Waals surface area contributed by atoms with E-state index in [2.05, 4.69) is 0 Å². The van der Waals surface area contributed by atoms with Crippen LogP contribution >= 0.6 is 0 Å². The van der Waals surface area contributed by atoms with E-state index >= 15 is 0 Å². The molecule has 0 radical (unpaired) electrons. The average Bonchev–Trinajstić information content (AvgIpc) is 2.56. The predicted molar refractivity (Wildman–Crippen MR) is 92.7 cm³/mol. The highest BCUT2D eigenvalue weighted by Gasteiger charge is 2.56. The van der Waals surface area contributed by atoms with Crippen molar-refractivity contribution < 1.29 is 17.6 Å². The van der Waals surface area contributed by atoms with Gasteiger partial charge in [0.1, 0.15) is 0 Å². The topological polar surface area (TPSA) is 52.0 Å². The smallest absolute Gasteiger partial charge is 0.335 e. The van der Waals surface area contributed by atoms with Gasteiger partial charge in [0.15, 0.2) is 0 Å². The number of unbranched alkanes of at least 4 members (excludes halogenated alkanes) is 2. The first kappa shape index (κ1) is 19.1. The summed E-state index contributed by atoms with van der Waals surface area (Å²) in [6.45, 7) is 0. The van der Waals surface area contributed by atoms with Crippen LogP contribution in [0.5, 0.6) is 0 Å². The van der Waals surface area contributed by atoms with Gasteiger partial charge in [-0.3, -0.25) is 0 Å². The number of benzene rings is 2. The fourth-order valence-electron chi connectivity index (χ4n) is 2.60. The molecule has 0 aliphatic carbocycles. The van der Waals surface area contributed by atoms with Crippen LogP contribution in [0.4, 0.5) is 28.9 Å². The normalized spacial score (nSPS) is 12.3. The minimum atomic E-state index is -4.21. The number of alkyl halides is 4. The van der Waals surface area contributed by atoms with Gasteiger partial charge in [-0.05, 0) is 49.1 Å². The van der Waals surface area contributed by atoms with Crippen LogP contribution in [0, 0.1) is 0 Å². The van der Waals surface area contributed by atoms with Crippen molar-refractivity contribution in [3.8, 4) is 0 Å². The first-order chi connectivity index (χ1) is 11.7. The Morgan fingerprint density at radius 1 is 0.680 bits per heavy atom. The van der Waals surface area contributed by atoms with Gasteiger partial charge in [-0.25, -0.2) is 0 Å². The van der Waals surface area contributed by atoms with E-state index < -0.39 is 23.8 Å². The van der Waals surface area contributed by atoms with Crippen molar-refractivity contribution in [1.29, 1.82) is 0 Å². The van der Waals surface area contributed by atoms with Gasteiger partial charge in [-0.15, -0.1) is 0 Å². The number of nitrogens with two attached hydrogens (primary N) is 2. The third-order valence-corrected chi connectivity index (χ3v) is 4.17. The number of rotatable bonds is 8. The Kier molecular flexibility index (Phi) is 5.93. The van der Waals surface area contributed by atoms with Crippen LogP contribution in [0.2, 0.25) is 0 Å². The summed E-state index contributed by atoms with van der Waals surface area (Å²) in [4.78, 5) is 0. The van der Waals surface area contributed by atoms with Crippen LogP contribution in [-0.4, -0.2) is 5.92 Å². The van der Waals surface area contributed by atoms with E-state index in [1.165, 1.54) is 12.1 Å². The molecule has 0 spiro atoms. The maximum absolute atomic E-state index is 14.1. The monoisotopic (exact) mass is 354 g/mol. The van der Waals surface area contributed by atoms with Crippen molar-refractivity contribution in [3.05, 3.63) is 59.7 Å². The van der Waals surface area contributed by atoms with Crippen molar-refractivity contribution in [2.75, 3.05) is 11.5 Å². The lowest BCUT2D eigenvalue weighted by molar-refractivity contribution is -0.219. The Morgan fingerprint density at radius 3 is 1.76 bits per heavy atom. The van der Waals surface area contributed by atoms with Crippen LogP contribution < -0.4 is 11.5 Å². The number of aryl methyl sites for hydroxylation is 1. The zero-order valence-corrected chi connectivity index (χ0v) is 13.8. The fourth-order valence-corrected chi connectivity index (χ4v) is 2.60. The lowest BCUT2D eigenvalue weighted by Crippen LogP contribution is -2.38. The first-order valence-corrected chi connectivity index (χ1v) is 8.18. The van der Waals surface area contributed by atoms with Crippen LogP contribution in [0.15, 0.2) is 48.5 Å². The van der Waals surface area contributed by atoms with Crippen LogP contribution in [-0.2, 0) is 12.3 Å². The molecule has 2 aromatic rings. The van der Waals surface area contributed by atoms with Gasteiger partial charge in [-0.1, -0.05) is 30.7 Å². The molecule has 2 aromatic carbocycles. The molecule has 136 valence electrons. The van der Waals surface area contributed by atoms with Crippen LogP contribution in [0.3, 0.4) is 0 Å². The first-order valence-electron chi connectivity index (χ1n) is 8.18. The Hall–Kier alpha value is -2.24. The van der Waals surface area contributed by atoms with E-state index in [-0.39, 0.29) is 12.1 Å². The predicted octanol–water partition coefficient (Wildman–Crippen LogP) is 5.38. The molecule has 2 nitrogen and oxygen atoms in total. The summed E-state index contributed by atoms with van der Waals surface area (Å²) in [5.41, 5.74) is 12.2. The zero-order chi connectivity index (χ0) is 18.5. The van der Waals surface area contributed by atoms with Gasteiger partial charge in [0.25, 0.3) is 0 Å². The molecule has 0 amide bonds. The van der Waals surface area contributed by atoms with E-state index in [0.29, 0.717) is 24.9 Å². The Bertz CT molecular complexity index is 667. The standard InChI is InChI=1S/C19H22F4N2/c20-18(21,19(22,23)15-7-11-17(25)12-8-15)13-3-1-2-4-14-5-9-16(24)10-6-14/h5-12H,1-4,13,24-25H2. The highest BCUT2D eigenvalue weighted by atomic mass is 19.3. The molecule has 0 aliphatic heterocycles. The molecule has 2 rings (SSSR count). The van der Waals surface area contributed by atoms with Gasteiger partial charge in [0.05, 0.1) is 0 Å². The maximum Gasteiger partial charge on any atom is 0.335 e. The molecule has 0 aliphatic rings. The fraction of sp³-hybridized carbons (Fsp3) is 0.368. The van der Waals surface area contributed by atoms with Gasteiger partial charge < -0.3 is 11.5 Å². The van der Waals surface area contributed by atoms with Crippen molar-refractivity contribution in [3.63, 3.8) is 0 Å². The van der Waals surface area contributed by atoms with Crippen molar-refractivity contribution in [2.24, 2.45) is 0 Å². The van der Waals surface area contributed by atoms with E-state index in [4.69, 9.17) is 11.5 Å². The molecule has 0 unspecified atom stereocenters. The highest BCUT2D eigenvalue weighted by Crippen LogP contribution is 2.45. The Labute approximate surface area is 144 Å². The number of anilines is 2. The molecule has 0 bridgehead atoms. The lowest BCUT2D eigenvalue weighted by Gasteiger charge is -2.27. The van der Waals surface area contributed by atoms with Crippen molar-refractivity contribution in [2.45, 2.75) is 43.9 Å². The molecule has 0 heterocycles. The molecule has 6 heteroatoms. The largest absolute Gasteiger partial charge is 0.399 e. The van der Waals surface area contributed by atoms with E-state index in [9.17, 15) is 17.6 Å². The highest BCUT2D eigenvalue weighted by molar-refractivity contribution is 5.41. The van der Waals surface area contributed by atoms with E-state index in [1.54, 1.807) is 12.1 Å². The summed E-state index contributed by atoms with van der Waals surface area (Å²) in [6.07, 6.45) is 1.00. The number of nitrogen functional groups attached to an aromatic ring is 2. The van der Waals surface area contributed by atoms with E-state index in [0.717, 1.165) is 17.7 Å². The number of halogens is 4. The third kappa shape index (κ3) is 4.87. The molecule has 0 saturated heterocycles. The molecular weight excluding hydrogens is 332 g/mol. The Balaban J connectivity index is 1.83. The van der Waals surface area contributed by atoms with E-state index in [1.807, 2.05) is 12.1 Å². The lowest BCUT2D eigenvalue weighted by atomic mass is 9.96. The van der Waals surface area contributed by atoms with Gasteiger partial charge in [0.2, 0.25) is 0 Å². The summed E-state index contributed by atoms with van der Waals surface area (Å²) in [5, 5.41) is 0. The van der Waals surface area contributed by atoms with Gasteiger partial charge in [0, 0.05) is 23.4 Å². The quantitative estimate of drug-likeness (QED) is 0.380. The number of hydrogen-bond donors (Lipinski definition) is 2. The summed E-state index contributed by atoms with van der Waals surface area (Å²) in [6, 6.07) is 11.6. The maximum atomic E-state index is 14.1. The second-order valence-electron chi connectivity index (χ2n) is 6.20. The second-order valence-corrected chi connectivity index (χ2v) is 6.20. The summed E-state index contributed by atoms with van der Waals surface area (Å²) >= 11 is 0. The molecule has 0 saturated carbocycles. The molecule has 0 atom stereocenters. The van der Waals surface area contributed by atoms with Crippen LogP contribution in [0.1, 0.15) is 36.8 Å². The molecule has 25 heavy (non-hydrogen) atoms. The third-order valence-electron chi connectivity index (χ3n) is 4.17. The molecule has 4 N–H and O–H groups in total. The minimum Gasteiger partial charge on any atom is -0.399 e. The SMILES string of the molecule is Nc1ccc(CCCCCC(F)(F)C(F)(F)c2ccc(N)cc2)cc1. The summed E-state index contributed by atoms with van der Waals surface area (Å²) < 4.78 is 56.1. The Morgan fingerprint density at radius 2 is 1.20 bits per heavy atom. The molecule has 0 aromatic heterocycles. The molecular formula is C19H22F4N2. The van der Waals surface area contributed by atoms with Gasteiger partial charge in [-0.2, -0.15) is 17.6 Å². The van der Waals surface area contributed by atoms with Crippen LogP contribution in [0.25, 0.3) is 0 Å². The molecule has 0 fully saturated rings. The summed E-state index contributed by atoms with van der Waals surface area (Å²) in [5.74, 6) is -8.30. The zero-order valence-electron chi connectivity index (χ0n) is 13.8. The minimum absolute atomic E-state index is 0.0343. The summed E-state index contributed by atoms with van der Waals surface area (Å²) in [7, 11) is 0. The van der Waals surface area contributed by atoms with Crippen molar-refractivity contribution in [1.82, 2.24) is 0 Å².